The molecule has 3 rings (SSSR count). The van der Waals surface area contributed by atoms with Gasteiger partial charge in [-0.15, -0.1) is 0 Å². The zero-order valence-corrected chi connectivity index (χ0v) is 18.1. The standard InChI is InChI=1S/C22H26N2O5S/c1-15(25)23-16-9-11-17(12-10-16)30(27)14-5-4-13-28-19-8-6-7-18-20(19)24-21(26)29-22(18,2)3/h6-12H,4-5,13-14H2,1-3H3,(H,23,25)(H,24,26). The van der Waals surface area contributed by atoms with Crippen LogP contribution >= 0.6 is 0 Å². The van der Waals surface area contributed by atoms with Crippen molar-refractivity contribution in [2.45, 2.75) is 44.1 Å². The van der Waals surface area contributed by atoms with Crippen molar-refractivity contribution in [3.8, 4) is 5.75 Å². The number of ether oxygens (including phenoxy) is 2. The minimum Gasteiger partial charge on any atom is -0.611 e. The molecule has 0 radical (unpaired) electrons. The van der Waals surface area contributed by atoms with Crippen LogP contribution in [0.2, 0.25) is 0 Å². The Morgan fingerprint density at radius 1 is 1.20 bits per heavy atom. The van der Waals surface area contributed by atoms with Gasteiger partial charge in [-0.05, 0) is 68.2 Å². The van der Waals surface area contributed by atoms with Crippen molar-refractivity contribution in [3.05, 3.63) is 48.0 Å². The predicted octanol–water partition coefficient (Wildman–Crippen LogP) is 4.41. The average Bonchev–Trinajstić information content (AvgIpc) is 2.67. The van der Waals surface area contributed by atoms with Gasteiger partial charge in [-0.1, -0.05) is 12.1 Å². The predicted molar refractivity (Wildman–Crippen MR) is 116 cm³/mol. The number of benzene rings is 2. The molecule has 1 unspecified atom stereocenters. The Morgan fingerprint density at radius 3 is 2.63 bits per heavy atom. The number of carbonyl (C=O) groups excluding carboxylic acids is 2. The lowest BCUT2D eigenvalue weighted by Crippen LogP contribution is -2.34. The largest absolute Gasteiger partial charge is 0.611 e. The van der Waals surface area contributed by atoms with Gasteiger partial charge in [0.1, 0.15) is 17.1 Å². The van der Waals surface area contributed by atoms with Crippen LogP contribution in [0.5, 0.6) is 5.75 Å². The molecular formula is C22H26N2O5S. The number of hydrogen-bond acceptors (Lipinski definition) is 5. The van der Waals surface area contributed by atoms with Gasteiger partial charge in [-0.3, -0.25) is 10.1 Å². The number of rotatable bonds is 8. The second kappa shape index (κ2) is 9.40. The van der Waals surface area contributed by atoms with Crippen LogP contribution in [-0.2, 0) is 26.3 Å². The van der Waals surface area contributed by atoms with Crippen molar-refractivity contribution in [3.63, 3.8) is 0 Å². The van der Waals surface area contributed by atoms with Crippen LogP contribution in [0.4, 0.5) is 16.2 Å². The van der Waals surface area contributed by atoms with Crippen LogP contribution in [0, 0.1) is 0 Å². The number of hydrogen-bond donors (Lipinski definition) is 2. The molecule has 2 amide bonds. The van der Waals surface area contributed by atoms with E-state index in [4.69, 9.17) is 9.47 Å². The van der Waals surface area contributed by atoms with Gasteiger partial charge in [0.2, 0.25) is 5.91 Å². The summed E-state index contributed by atoms with van der Waals surface area (Å²) in [5, 5.41) is 5.41. The third kappa shape index (κ3) is 5.46. The van der Waals surface area contributed by atoms with E-state index >= 15 is 0 Å². The summed E-state index contributed by atoms with van der Waals surface area (Å²) in [6.45, 7) is 5.58. The molecule has 0 saturated carbocycles. The van der Waals surface area contributed by atoms with E-state index in [0.29, 0.717) is 29.5 Å². The summed E-state index contributed by atoms with van der Waals surface area (Å²) >= 11 is -1.11. The molecule has 160 valence electrons. The number of para-hydroxylation sites is 1. The summed E-state index contributed by atoms with van der Waals surface area (Å²) in [5.41, 5.74) is 1.47. The molecule has 0 spiro atoms. The number of carbonyl (C=O) groups is 2. The Kier molecular flexibility index (Phi) is 6.89. The smallest absolute Gasteiger partial charge is 0.412 e. The lowest BCUT2D eigenvalue weighted by Gasteiger charge is -2.33. The summed E-state index contributed by atoms with van der Waals surface area (Å²) < 4.78 is 23.6. The van der Waals surface area contributed by atoms with Crippen LogP contribution in [-0.4, -0.2) is 28.9 Å². The minimum atomic E-state index is -1.11. The van der Waals surface area contributed by atoms with Crippen molar-refractivity contribution in [2.24, 2.45) is 0 Å². The molecule has 30 heavy (non-hydrogen) atoms. The number of unbranched alkanes of at least 4 members (excludes halogenated alkanes) is 1. The normalized spacial score (nSPS) is 15.4. The third-order valence-corrected chi connectivity index (χ3v) is 6.13. The Hall–Kier alpha value is -2.71. The highest BCUT2D eigenvalue weighted by Crippen LogP contribution is 2.40. The molecule has 0 fully saturated rings. The lowest BCUT2D eigenvalue weighted by atomic mass is 9.94. The zero-order valence-electron chi connectivity index (χ0n) is 17.3. The molecule has 7 nitrogen and oxygen atoms in total. The summed E-state index contributed by atoms with van der Waals surface area (Å²) in [5.74, 6) is 0.985. The molecule has 2 aromatic carbocycles. The number of fused-ring (bicyclic) bond motifs is 1. The Bertz CT molecular complexity index is 914. The van der Waals surface area contributed by atoms with Crippen LogP contribution in [0.3, 0.4) is 0 Å². The highest BCUT2D eigenvalue weighted by Gasteiger charge is 2.34. The van der Waals surface area contributed by atoms with E-state index in [0.717, 1.165) is 23.3 Å². The second-order valence-corrected chi connectivity index (χ2v) is 9.09. The second-order valence-electron chi connectivity index (χ2n) is 7.51. The van der Waals surface area contributed by atoms with Crippen LogP contribution in [0.1, 0.15) is 39.2 Å². The topological polar surface area (TPSA) is 99.7 Å². The molecule has 0 aliphatic carbocycles. The first-order chi connectivity index (χ1) is 14.3. The fraction of sp³-hybridized carbons (Fsp3) is 0.364. The SMILES string of the molecule is CC(=O)Nc1ccc([S+]([O-])CCCCOc2cccc3c2NC(=O)OC3(C)C)cc1. The highest BCUT2D eigenvalue weighted by atomic mass is 32.2. The number of anilines is 2. The molecule has 0 bridgehead atoms. The van der Waals surface area contributed by atoms with E-state index in [9.17, 15) is 14.1 Å². The first-order valence-electron chi connectivity index (χ1n) is 9.78. The Balaban J connectivity index is 1.48. The molecule has 2 aromatic rings. The van der Waals surface area contributed by atoms with Crippen molar-refractivity contribution < 1.29 is 23.6 Å². The third-order valence-electron chi connectivity index (χ3n) is 4.67. The van der Waals surface area contributed by atoms with Crippen molar-refractivity contribution in [2.75, 3.05) is 23.0 Å². The summed E-state index contributed by atoms with van der Waals surface area (Å²) in [4.78, 5) is 23.6. The maximum atomic E-state index is 12.4. The maximum Gasteiger partial charge on any atom is 0.412 e. The average molecular weight is 431 g/mol. The van der Waals surface area contributed by atoms with Crippen LogP contribution in [0.25, 0.3) is 0 Å². The summed E-state index contributed by atoms with van der Waals surface area (Å²) in [7, 11) is 0. The van der Waals surface area contributed by atoms with E-state index in [1.165, 1.54) is 6.92 Å². The number of cyclic esters (lactones) is 1. The number of nitrogens with one attached hydrogen (secondary N) is 2. The molecule has 1 atom stereocenters. The monoisotopic (exact) mass is 430 g/mol. The summed E-state index contributed by atoms with van der Waals surface area (Å²) in [6.07, 6.45) is 0.965. The Morgan fingerprint density at radius 2 is 1.93 bits per heavy atom. The van der Waals surface area contributed by atoms with E-state index in [2.05, 4.69) is 10.6 Å². The van der Waals surface area contributed by atoms with E-state index in [1.807, 2.05) is 32.0 Å². The summed E-state index contributed by atoms with van der Waals surface area (Å²) in [6, 6.07) is 12.6. The molecule has 8 heteroatoms. The molecule has 1 aliphatic heterocycles. The van der Waals surface area contributed by atoms with Gasteiger partial charge < -0.3 is 19.3 Å². The van der Waals surface area contributed by atoms with Gasteiger partial charge in [0.05, 0.1) is 12.3 Å². The van der Waals surface area contributed by atoms with Crippen molar-refractivity contribution in [1.82, 2.24) is 0 Å². The van der Waals surface area contributed by atoms with Crippen LogP contribution in [0.15, 0.2) is 47.4 Å². The number of amides is 2. The highest BCUT2D eigenvalue weighted by molar-refractivity contribution is 7.91. The minimum absolute atomic E-state index is 0.140. The van der Waals surface area contributed by atoms with E-state index < -0.39 is 22.9 Å². The van der Waals surface area contributed by atoms with Gasteiger partial charge in [-0.2, -0.15) is 0 Å². The molecule has 1 aliphatic rings. The van der Waals surface area contributed by atoms with E-state index in [-0.39, 0.29) is 5.91 Å². The van der Waals surface area contributed by atoms with Crippen molar-refractivity contribution >= 4 is 34.6 Å². The van der Waals surface area contributed by atoms with Gasteiger partial charge in [0.15, 0.2) is 4.90 Å². The zero-order chi connectivity index (χ0) is 21.7. The molecule has 2 N–H and O–H groups in total. The molecule has 0 saturated heterocycles. The van der Waals surface area contributed by atoms with Crippen molar-refractivity contribution in [1.29, 1.82) is 0 Å². The molecular weight excluding hydrogens is 404 g/mol. The van der Waals surface area contributed by atoms with Gasteiger partial charge in [0, 0.05) is 18.2 Å². The van der Waals surface area contributed by atoms with E-state index in [1.54, 1.807) is 24.3 Å². The Labute approximate surface area is 179 Å². The van der Waals surface area contributed by atoms with Crippen LogP contribution < -0.4 is 15.4 Å². The van der Waals surface area contributed by atoms with Gasteiger partial charge >= 0.3 is 6.09 Å². The lowest BCUT2D eigenvalue weighted by molar-refractivity contribution is -0.114. The maximum absolute atomic E-state index is 12.4. The molecule has 1 heterocycles. The first kappa shape index (κ1) is 22.0. The molecule has 0 aromatic heterocycles. The fourth-order valence-electron chi connectivity index (χ4n) is 3.22. The van der Waals surface area contributed by atoms with Gasteiger partial charge in [0.25, 0.3) is 0 Å². The first-order valence-corrected chi connectivity index (χ1v) is 11.1. The van der Waals surface area contributed by atoms with Gasteiger partial charge in [-0.25, -0.2) is 4.79 Å². The quantitative estimate of drug-likeness (QED) is 0.477. The fourth-order valence-corrected chi connectivity index (χ4v) is 4.37.